The summed E-state index contributed by atoms with van der Waals surface area (Å²) in [6.45, 7) is 8.16. The first-order chi connectivity index (χ1) is 14.7. The van der Waals surface area contributed by atoms with Crippen LogP contribution in [0.3, 0.4) is 0 Å². The fourth-order valence-electron chi connectivity index (χ4n) is 3.03. The van der Waals surface area contributed by atoms with E-state index in [1.165, 1.54) is 11.8 Å². The van der Waals surface area contributed by atoms with Gasteiger partial charge in [-0.2, -0.15) is 0 Å². The number of amides is 2. The van der Waals surface area contributed by atoms with Gasteiger partial charge in [0.05, 0.1) is 5.75 Å². The van der Waals surface area contributed by atoms with Crippen molar-refractivity contribution in [3.05, 3.63) is 69.2 Å². The maximum atomic E-state index is 13.1. The maximum absolute atomic E-state index is 13.1. The maximum Gasteiger partial charge on any atom is 0.242 e. The molecule has 2 aromatic rings. The standard InChI is InChI=1S/C24H30Cl2N2O2S/c1-5-17(3)27-24(30)18(4)28(13-19-8-6-7-16(2)11-19)23(29)15-31-14-20-9-10-21(25)12-22(20)26/h6-12,17-18H,5,13-15H2,1-4H3,(H,27,30)/t17-,18-/m0/s1. The van der Waals surface area contributed by atoms with Crippen molar-refractivity contribution in [2.24, 2.45) is 0 Å². The fraction of sp³-hybridized carbons (Fsp3) is 0.417. The van der Waals surface area contributed by atoms with Gasteiger partial charge in [-0.15, -0.1) is 11.8 Å². The van der Waals surface area contributed by atoms with Crippen LogP contribution in [0.25, 0.3) is 0 Å². The van der Waals surface area contributed by atoms with Crippen LogP contribution < -0.4 is 5.32 Å². The van der Waals surface area contributed by atoms with E-state index in [1.54, 1.807) is 24.0 Å². The lowest BCUT2D eigenvalue weighted by Gasteiger charge is -2.29. The van der Waals surface area contributed by atoms with Crippen LogP contribution in [0.15, 0.2) is 42.5 Å². The van der Waals surface area contributed by atoms with E-state index >= 15 is 0 Å². The number of nitrogens with one attached hydrogen (secondary N) is 1. The molecule has 0 radical (unpaired) electrons. The molecule has 7 heteroatoms. The molecule has 2 rings (SSSR count). The predicted molar refractivity (Wildman–Crippen MR) is 132 cm³/mol. The molecule has 0 fully saturated rings. The smallest absolute Gasteiger partial charge is 0.242 e. The van der Waals surface area contributed by atoms with Gasteiger partial charge in [0.25, 0.3) is 0 Å². The molecular formula is C24H30Cl2N2O2S. The van der Waals surface area contributed by atoms with E-state index in [1.807, 2.05) is 51.1 Å². The first-order valence-electron chi connectivity index (χ1n) is 10.4. The minimum absolute atomic E-state index is 0.0623. The molecule has 0 bridgehead atoms. The van der Waals surface area contributed by atoms with Crippen molar-refractivity contribution in [2.45, 2.75) is 58.5 Å². The van der Waals surface area contributed by atoms with Gasteiger partial charge in [-0.3, -0.25) is 9.59 Å². The number of carbonyl (C=O) groups is 2. The lowest BCUT2D eigenvalue weighted by molar-refractivity contribution is -0.138. The van der Waals surface area contributed by atoms with Gasteiger partial charge in [0.2, 0.25) is 11.8 Å². The van der Waals surface area contributed by atoms with Crippen LogP contribution in [0, 0.1) is 6.92 Å². The van der Waals surface area contributed by atoms with Crippen molar-refractivity contribution >= 4 is 46.8 Å². The Bertz CT molecular complexity index is 907. The largest absolute Gasteiger partial charge is 0.352 e. The summed E-state index contributed by atoms with van der Waals surface area (Å²) in [6, 6.07) is 12.9. The molecule has 168 valence electrons. The molecule has 0 aliphatic heterocycles. The van der Waals surface area contributed by atoms with Crippen LogP contribution in [0.2, 0.25) is 10.0 Å². The van der Waals surface area contributed by atoms with Crippen molar-refractivity contribution in [1.29, 1.82) is 0 Å². The van der Waals surface area contributed by atoms with Gasteiger partial charge in [-0.05, 0) is 50.5 Å². The third-order valence-electron chi connectivity index (χ3n) is 5.10. The number of halogens is 2. The highest BCUT2D eigenvalue weighted by molar-refractivity contribution is 7.99. The number of carbonyl (C=O) groups excluding carboxylic acids is 2. The van der Waals surface area contributed by atoms with Crippen molar-refractivity contribution < 1.29 is 9.59 Å². The number of aryl methyl sites for hydroxylation is 1. The summed E-state index contributed by atoms with van der Waals surface area (Å²) in [6.07, 6.45) is 0.835. The highest BCUT2D eigenvalue weighted by Crippen LogP contribution is 2.25. The first-order valence-corrected chi connectivity index (χ1v) is 12.3. The zero-order valence-electron chi connectivity index (χ0n) is 18.5. The van der Waals surface area contributed by atoms with Gasteiger partial charge in [-0.1, -0.05) is 66.0 Å². The minimum Gasteiger partial charge on any atom is -0.352 e. The molecular weight excluding hydrogens is 451 g/mol. The minimum atomic E-state index is -0.568. The first kappa shape index (κ1) is 25.6. The van der Waals surface area contributed by atoms with E-state index in [4.69, 9.17) is 23.2 Å². The van der Waals surface area contributed by atoms with Crippen LogP contribution in [-0.4, -0.2) is 34.6 Å². The average molecular weight is 481 g/mol. The summed E-state index contributed by atoms with van der Waals surface area (Å²) in [4.78, 5) is 27.5. The van der Waals surface area contributed by atoms with E-state index in [9.17, 15) is 9.59 Å². The molecule has 0 aliphatic rings. The van der Waals surface area contributed by atoms with E-state index in [2.05, 4.69) is 5.32 Å². The summed E-state index contributed by atoms with van der Waals surface area (Å²) in [5.74, 6) is 0.628. The second kappa shape index (κ2) is 12.4. The van der Waals surface area contributed by atoms with E-state index in [0.29, 0.717) is 22.3 Å². The molecule has 31 heavy (non-hydrogen) atoms. The molecule has 0 saturated carbocycles. The Balaban J connectivity index is 2.10. The lowest BCUT2D eigenvalue weighted by atomic mass is 10.1. The Morgan fingerprint density at radius 2 is 1.87 bits per heavy atom. The van der Waals surface area contributed by atoms with Crippen LogP contribution in [0.4, 0.5) is 0 Å². The normalized spacial score (nSPS) is 12.8. The molecule has 0 spiro atoms. The van der Waals surface area contributed by atoms with Gasteiger partial charge in [0, 0.05) is 28.4 Å². The van der Waals surface area contributed by atoms with Crippen molar-refractivity contribution in [1.82, 2.24) is 10.2 Å². The molecule has 0 aliphatic carbocycles. The van der Waals surface area contributed by atoms with Crippen molar-refractivity contribution in [3.8, 4) is 0 Å². The molecule has 2 atom stereocenters. The van der Waals surface area contributed by atoms with Gasteiger partial charge < -0.3 is 10.2 Å². The second-order valence-corrected chi connectivity index (χ2v) is 9.56. The van der Waals surface area contributed by atoms with Crippen LogP contribution >= 0.6 is 35.0 Å². The summed E-state index contributed by atoms with van der Waals surface area (Å²) in [5, 5.41) is 4.16. The van der Waals surface area contributed by atoms with E-state index in [0.717, 1.165) is 23.1 Å². The molecule has 4 nitrogen and oxygen atoms in total. The Morgan fingerprint density at radius 1 is 1.13 bits per heavy atom. The number of nitrogens with zero attached hydrogens (tertiary/aromatic N) is 1. The van der Waals surface area contributed by atoms with Crippen LogP contribution in [-0.2, 0) is 21.9 Å². The Kier molecular flexibility index (Phi) is 10.2. The summed E-state index contributed by atoms with van der Waals surface area (Å²) in [5.41, 5.74) is 3.05. The second-order valence-electron chi connectivity index (χ2n) is 7.73. The quantitative estimate of drug-likeness (QED) is 0.462. The molecule has 0 aromatic heterocycles. The fourth-order valence-corrected chi connectivity index (χ4v) is 4.49. The number of rotatable bonds is 10. The SMILES string of the molecule is CC[C@H](C)NC(=O)[C@H](C)N(Cc1cccc(C)c1)C(=O)CSCc1ccc(Cl)cc1Cl. The third-order valence-corrected chi connectivity index (χ3v) is 6.66. The monoisotopic (exact) mass is 480 g/mol. The summed E-state index contributed by atoms with van der Waals surface area (Å²) < 4.78 is 0. The Hall–Kier alpha value is -1.69. The molecule has 0 unspecified atom stereocenters. The Morgan fingerprint density at radius 3 is 2.52 bits per heavy atom. The third kappa shape index (κ3) is 8.06. The van der Waals surface area contributed by atoms with Gasteiger partial charge in [0.1, 0.15) is 6.04 Å². The van der Waals surface area contributed by atoms with Crippen molar-refractivity contribution in [2.75, 3.05) is 5.75 Å². The van der Waals surface area contributed by atoms with E-state index < -0.39 is 6.04 Å². The average Bonchev–Trinajstić information content (AvgIpc) is 2.72. The number of thioether (sulfide) groups is 1. The topological polar surface area (TPSA) is 49.4 Å². The predicted octanol–water partition coefficient (Wildman–Crippen LogP) is 5.87. The molecule has 1 N–H and O–H groups in total. The number of hydrogen-bond acceptors (Lipinski definition) is 3. The highest BCUT2D eigenvalue weighted by atomic mass is 35.5. The number of hydrogen-bond donors (Lipinski definition) is 1. The van der Waals surface area contributed by atoms with E-state index in [-0.39, 0.29) is 23.6 Å². The molecule has 0 heterocycles. The van der Waals surface area contributed by atoms with Gasteiger partial charge >= 0.3 is 0 Å². The summed E-state index contributed by atoms with van der Waals surface area (Å²) in [7, 11) is 0. The number of benzene rings is 2. The van der Waals surface area contributed by atoms with Gasteiger partial charge in [-0.25, -0.2) is 0 Å². The summed E-state index contributed by atoms with van der Waals surface area (Å²) >= 11 is 13.7. The zero-order valence-corrected chi connectivity index (χ0v) is 20.8. The van der Waals surface area contributed by atoms with Crippen molar-refractivity contribution in [3.63, 3.8) is 0 Å². The Labute approximate surface area is 199 Å². The lowest BCUT2D eigenvalue weighted by Crippen LogP contribution is -2.50. The molecule has 0 saturated heterocycles. The van der Waals surface area contributed by atoms with Crippen LogP contribution in [0.1, 0.15) is 43.9 Å². The molecule has 2 amide bonds. The zero-order chi connectivity index (χ0) is 23.0. The molecule has 2 aromatic carbocycles. The van der Waals surface area contributed by atoms with Crippen LogP contribution in [0.5, 0.6) is 0 Å². The van der Waals surface area contributed by atoms with Gasteiger partial charge in [0.15, 0.2) is 0 Å². The highest BCUT2D eigenvalue weighted by Gasteiger charge is 2.26.